The lowest BCUT2D eigenvalue weighted by molar-refractivity contribution is 0.326. The van der Waals surface area contributed by atoms with E-state index < -0.39 is 0 Å². The second-order valence-corrected chi connectivity index (χ2v) is 3.74. The molecule has 1 aliphatic carbocycles. The lowest BCUT2D eigenvalue weighted by atomic mass is 9.85. The van der Waals surface area contributed by atoms with E-state index in [2.05, 4.69) is 11.4 Å². The van der Waals surface area contributed by atoms with Crippen molar-refractivity contribution in [3.63, 3.8) is 0 Å². The van der Waals surface area contributed by atoms with E-state index in [-0.39, 0.29) is 6.04 Å². The molecule has 2 heteroatoms. The van der Waals surface area contributed by atoms with Crippen molar-refractivity contribution >= 4 is 0 Å². The maximum atomic E-state index is 8.70. The molecule has 0 bridgehead atoms. The predicted molar refractivity (Wildman–Crippen MR) is 42.9 cm³/mol. The van der Waals surface area contributed by atoms with E-state index in [0.29, 0.717) is 6.04 Å². The van der Waals surface area contributed by atoms with E-state index in [1.807, 2.05) is 0 Å². The van der Waals surface area contributed by atoms with Gasteiger partial charge in [-0.1, -0.05) is 12.8 Å². The fourth-order valence-corrected chi connectivity index (χ4v) is 2.43. The molecule has 0 amide bonds. The summed E-state index contributed by atoms with van der Waals surface area (Å²) in [5.41, 5.74) is 0. The zero-order valence-electron chi connectivity index (χ0n) is 6.71. The molecule has 2 rings (SSSR count). The molecule has 1 heterocycles. The summed E-state index contributed by atoms with van der Waals surface area (Å²) in [5, 5.41) is 12.1. The van der Waals surface area contributed by atoms with Crippen LogP contribution >= 0.6 is 0 Å². The van der Waals surface area contributed by atoms with Gasteiger partial charge in [0.15, 0.2) is 0 Å². The first-order chi connectivity index (χ1) is 5.40. The Bertz CT molecular complexity index is 168. The molecule has 1 saturated heterocycles. The van der Waals surface area contributed by atoms with E-state index in [1.54, 1.807) is 0 Å². The summed E-state index contributed by atoms with van der Waals surface area (Å²) in [5.74, 6) is 0.813. The summed E-state index contributed by atoms with van der Waals surface area (Å²) in [4.78, 5) is 0. The number of rotatable bonds is 0. The van der Waals surface area contributed by atoms with Crippen molar-refractivity contribution in [1.82, 2.24) is 5.32 Å². The Balaban J connectivity index is 1.99. The summed E-state index contributed by atoms with van der Waals surface area (Å²) in [7, 11) is 0. The van der Waals surface area contributed by atoms with Gasteiger partial charge in [-0.15, -0.1) is 0 Å². The van der Waals surface area contributed by atoms with Crippen LogP contribution in [0.5, 0.6) is 0 Å². The number of nitrogens with one attached hydrogen (secondary N) is 1. The van der Waals surface area contributed by atoms with E-state index in [1.165, 1.54) is 25.7 Å². The van der Waals surface area contributed by atoms with Crippen molar-refractivity contribution in [2.24, 2.45) is 5.92 Å². The van der Waals surface area contributed by atoms with Gasteiger partial charge in [-0.05, 0) is 25.2 Å². The Morgan fingerprint density at radius 1 is 1.27 bits per heavy atom. The van der Waals surface area contributed by atoms with Crippen LogP contribution in [0.1, 0.15) is 32.1 Å². The molecule has 1 N–H and O–H groups in total. The minimum Gasteiger partial charge on any atom is -0.299 e. The first-order valence-corrected chi connectivity index (χ1v) is 4.56. The molecule has 0 aromatic rings. The molecule has 3 unspecified atom stereocenters. The highest BCUT2D eigenvalue weighted by Crippen LogP contribution is 2.32. The molecule has 3 atom stereocenters. The van der Waals surface area contributed by atoms with Crippen LogP contribution < -0.4 is 5.32 Å². The highest BCUT2D eigenvalue weighted by Gasteiger charge is 2.34. The Morgan fingerprint density at radius 2 is 2.09 bits per heavy atom. The molecule has 0 spiro atoms. The van der Waals surface area contributed by atoms with Gasteiger partial charge in [0.05, 0.1) is 12.1 Å². The minimum absolute atomic E-state index is 0.156. The third-order valence-corrected chi connectivity index (χ3v) is 3.02. The SMILES string of the molecule is N#CC1CC2CCCCC2N1. The highest BCUT2D eigenvalue weighted by atomic mass is 15.0. The molecule has 0 radical (unpaired) electrons. The number of nitriles is 1. The summed E-state index contributed by atoms with van der Waals surface area (Å²) in [6.07, 6.45) is 6.47. The van der Waals surface area contributed by atoms with Gasteiger partial charge < -0.3 is 0 Å². The van der Waals surface area contributed by atoms with E-state index in [0.717, 1.165) is 12.3 Å². The van der Waals surface area contributed by atoms with E-state index in [4.69, 9.17) is 5.26 Å². The second-order valence-electron chi connectivity index (χ2n) is 3.74. The summed E-state index contributed by atoms with van der Waals surface area (Å²) in [6.45, 7) is 0. The normalized spacial score (nSPS) is 43.0. The van der Waals surface area contributed by atoms with Crippen molar-refractivity contribution in [2.75, 3.05) is 0 Å². The molecule has 60 valence electrons. The van der Waals surface area contributed by atoms with Gasteiger partial charge in [0.1, 0.15) is 0 Å². The van der Waals surface area contributed by atoms with E-state index in [9.17, 15) is 0 Å². The molecule has 1 saturated carbocycles. The van der Waals surface area contributed by atoms with Crippen LogP contribution in [-0.2, 0) is 0 Å². The third-order valence-electron chi connectivity index (χ3n) is 3.02. The van der Waals surface area contributed by atoms with Gasteiger partial charge in [0.25, 0.3) is 0 Å². The smallest absolute Gasteiger partial charge is 0.0958 e. The monoisotopic (exact) mass is 150 g/mol. The van der Waals surface area contributed by atoms with Crippen molar-refractivity contribution in [1.29, 1.82) is 5.26 Å². The highest BCUT2D eigenvalue weighted by molar-refractivity contribution is 5.02. The largest absolute Gasteiger partial charge is 0.299 e. The van der Waals surface area contributed by atoms with Crippen LogP contribution in [0.3, 0.4) is 0 Å². The summed E-state index contributed by atoms with van der Waals surface area (Å²) >= 11 is 0. The van der Waals surface area contributed by atoms with E-state index >= 15 is 0 Å². The van der Waals surface area contributed by atoms with Gasteiger partial charge in [0, 0.05) is 6.04 Å². The second kappa shape index (κ2) is 2.83. The fourth-order valence-electron chi connectivity index (χ4n) is 2.43. The van der Waals surface area contributed by atoms with Gasteiger partial charge in [-0.25, -0.2) is 0 Å². The molecule has 0 aromatic heterocycles. The predicted octanol–water partition coefficient (Wildman–Crippen LogP) is 1.43. The quantitative estimate of drug-likeness (QED) is 0.567. The molecule has 1 aliphatic heterocycles. The van der Waals surface area contributed by atoms with Crippen molar-refractivity contribution in [2.45, 2.75) is 44.2 Å². The lowest BCUT2D eigenvalue weighted by Crippen LogP contribution is -2.32. The van der Waals surface area contributed by atoms with Gasteiger partial charge in [0.2, 0.25) is 0 Å². The van der Waals surface area contributed by atoms with Crippen LogP contribution in [-0.4, -0.2) is 12.1 Å². The Morgan fingerprint density at radius 3 is 2.82 bits per heavy atom. The van der Waals surface area contributed by atoms with Crippen molar-refractivity contribution in [3.8, 4) is 6.07 Å². The number of fused-ring (bicyclic) bond motifs is 1. The Labute approximate surface area is 67.6 Å². The van der Waals surface area contributed by atoms with Crippen molar-refractivity contribution < 1.29 is 0 Å². The van der Waals surface area contributed by atoms with Crippen molar-refractivity contribution in [3.05, 3.63) is 0 Å². The van der Waals surface area contributed by atoms with Crippen LogP contribution in [0.4, 0.5) is 0 Å². The average Bonchev–Trinajstić information content (AvgIpc) is 2.46. The first-order valence-electron chi connectivity index (χ1n) is 4.56. The first kappa shape index (κ1) is 7.12. The number of hydrogen-bond acceptors (Lipinski definition) is 2. The van der Waals surface area contributed by atoms with Gasteiger partial charge >= 0.3 is 0 Å². The van der Waals surface area contributed by atoms with Crippen LogP contribution in [0.2, 0.25) is 0 Å². The lowest BCUT2D eigenvalue weighted by Gasteiger charge is -2.23. The molecule has 2 aliphatic rings. The van der Waals surface area contributed by atoms with Gasteiger partial charge in [-0.3, -0.25) is 5.32 Å². The fraction of sp³-hybridized carbons (Fsp3) is 0.889. The molecule has 11 heavy (non-hydrogen) atoms. The average molecular weight is 150 g/mol. The van der Waals surface area contributed by atoms with Crippen LogP contribution in [0.25, 0.3) is 0 Å². The standard InChI is InChI=1S/C9H14N2/c10-6-8-5-7-3-1-2-4-9(7)11-8/h7-9,11H,1-5H2. The Kier molecular flexibility index (Phi) is 1.83. The van der Waals surface area contributed by atoms with Gasteiger partial charge in [-0.2, -0.15) is 5.26 Å². The zero-order valence-corrected chi connectivity index (χ0v) is 6.71. The maximum absolute atomic E-state index is 8.70. The molecular formula is C9H14N2. The zero-order chi connectivity index (χ0) is 7.68. The third kappa shape index (κ3) is 1.25. The maximum Gasteiger partial charge on any atom is 0.0958 e. The number of hydrogen-bond donors (Lipinski definition) is 1. The minimum atomic E-state index is 0.156. The topological polar surface area (TPSA) is 35.8 Å². The van der Waals surface area contributed by atoms with Crippen LogP contribution in [0, 0.1) is 17.2 Å². The summed E-state index contributed by atoms with van der Waals surface area (Å²) in [6, 6.07) is 3.14. The molecular weight excluding hydrogens is 136 g/mol. The molecule has 0 aromatic carbocycles. The molecule has 2 fully saturated rings. The molecule has 2 nitrogen and oxygen atoms in total. The summed E-state index contributed by atoms with van der Waals surface area (Å²) < 4.78 is 0. The number of nitrogens with zero attached hydrogens (tertiary/aromatic N) is 1. The van der Waals surface area contributed by atoms with Crippen LogP contribution in [0.15, 0.2) is 0 Å². The Hall–Kier alpha value is -0.550.